The minimum atomic E-state index is -0.0621. The second kappa shape index (κ2) is 10.3. The van der Waals surface area contributed by atoms with Gasteiger partial charge in [0, 0.05) is 52.8 Å². The normalized spacial score (nSPS) is 13.7. The number of anilines is 3. The molecule has 0 amide bonds. The van der Waals surface area contributed by atoms with Crippen LogP contribution in [0.15, 0.2) is 138 Å². The fourth-order valence-electron chi connectivity index (χ4n) is 8.52. The van der Waals surface area contributed by atoms with Crippen LogP contribution in [0.2, 0.25) is 0 Å². The molecule has 0 spiro atoms. The van der Waals surface area contributed by atoms with E-state index in [0.717, 1.165) is 38.7 Å². The van der Waals surface area contributed by atoms with E-state index in [-0.39, 0.29) is 5.41 Å². The van der Waals surface area contributed by atoms with Crippen molar-refractivity contribution in [3.8, 4) is 11.1 Å². The molecule has 0 saturated heterocycles. The molecule has 10 rings (SSSR count). The molecule has 3 heteroatoms. The van der Waals surface area contributed by atoms with E-state index in [1.54, 1.807) is 0 Å². The summed E-state index contributed by atoms with van der Waals surface area (Å²) < 4.78 is 9.32. The van der Waals surface area contributed by atoms with Gasteiger partial charge in [0.25, 0.3) is 0 Å². The number of nitrogens with zero attached hydrogens (tertiary/aromatic N) is 1. The van der Waals surface area contributed by atoms with Crippen LogP contribution in [-0.2, 0) is 5.41 Å². The third-order valence-corrected chi connectivity index (χ3v) is 12.0. The lowest BCUT2D eigenvalue weighted by molar-refractivity contribution is 0.660. The highest BCUT2D eigenvalue weighted by Gasteiger charge is 2.36. The summed E-state index contributed by atoms with van der Waals surface area (Å²) >= 11 is 1.87. The molecule has 2 aromatic heterocycles. The molecule has 0 bridgehead atoms. The molecular weight excluding hydrogens is 615 g/mol. The maximum atomic E-state index is 6.72. The predicted molar refractivity (Wildman–Crippen MR) is 210 cm³/mol. The second-order valence-corrected chi connectivity index (χ2v) is 15.4. The van der Waals surface area contributed by atoms with Gasteiger partial charge in [0.05, 0.1) is 11.4 Å². The van der Waals surface area contributed by atoms with Crippen molar-refractivity contribution in [3.63, 3.8) is 0 Å². The maximum absolute atomic E-state index is 6.72. The Morgan fingerprint density at radius 3 is 2.14 bits per heavy atom. The molecule has 7 aromatic carbocycles. The molecule has 9 aromatic rings. The first kappa shape index (κ1) is 28.6. The van der Waals surface area contributed by atoms with Gasteiger partial charge in [0.2, 0.25) is 0 Å². The quantitative estimate of drug-likeness (QED) is 0.189. The number of benzene rings is 7. The Hall–Kier alpha value is -5.38. The molecule has 49 heavy (non-hydrogen) atoms. The molecular formula is C46H35NOS. The first-order valence-electron chi connectivity index (χ1n) is 17.2. The van der Waals surface area contributed by atoms with Gasteiger partial charge in [-0.15, -0.1) is 11.3 Å². The van der Waals surface area contributed by atoms with Crippen molar-refractivity contribution in [2.24, 2.45) is 0 Å². The van der Waals surface area contributed by atoms with Gasteiger partial charge < -0.3 is 9.32 Å². The summed E-state index contributed by atoms with van der Waals surface area (Å²) in [7, 11) is 0. The molecule has 0 aliphatic heterocycles. The van der Waals surface area contributed by atoms with Gasteiger partial charge >= 0.3 is 0 Å². The van der Waals surface area contributed by atoms with Crippen molar-refractivity contribution in [2.75, 3.05) is 4.90 Å². The van der Waals surface area contributed by atoms with Crippen LogP contribution >= 0.6 is 11.3 Å². The lowest BCUT2D eigenvalue weighted by Crippen LogP contribution is -2.15. The fourth-order valence-corrected chi connectivity index (χ4v) is 9.65. The fraction of sp³-hybridized carbons (Fsp3) is 0.130. The molecule has 0 saturated carbocycles. The van der Waals surface area contributed by atoms with Crippen LogP contribution in [0.4, 0.5) is 17.1 Å². The third-order valence-electron chi connectivity index (χ3n) is 10.8. The van der Waals surface area contributed by atoms with Crippen LogP contribution < -0.4 is 4.90 Å². The minimum absolute atomic E-state index is 0.0621. The monoisotopic (exact) mass is 649 g/mol. The topological polar surface area (TPSA) is 16.4 Å². The summed E-state index contributed by atoms with van der Waals surface area (Å²) in [5, 5.41) is 7.24. The molecule has 0 N–H and O–H groups in total. The van der Waals surface area contributed by atoms with Gasteiger partial charge in [-0.2, -0.15) is 0 Å². The number of thiophene rings is 1. The highest BCUT2D eigenvalue weighted by atomic mass is 32.1. The Bertz CT molecular complexity index is 2800. The van der Waals surface area contributed by atoms with Crippen LogP contribution in [-0.4, -0.2) is 0 Å². The minimum Gasteiger partial charge on any atom is -0.455 e. The van der Waals surface area contributed by atoms with Gasteiger partial charge in [-0.1, -0.05) is 119 Å². The zero-order chi connectivity index (χ0) is 33.0. The lowest BCUT2D eigenvalue weighted by atomic mass is 9.82. The Labute approximate surface area is 289 Å². The standard InChI is InChI=1S/C46H35NOS/c1-27(2)29-17-11-20-40-43(29)35-26-39(31-14-5-6-15-32(31)45(35)48-40)47(38-19-12-22-42-44(38)33-16-8-10-21-41(33)49-42)28-23-24-37-34(25-28)30-13-7-9-18-36(30)46(37,3)4/h5-27H,1-4H3. The van der Waals surface area contributed by atoms with Gasteiger partial charge in [-0.25, -0.2) is 0 Å². The Balaban J connectivity index is 1.35. The van der Waals surface area contributed by atoms with Crippen LogP contribution in [0, 0.1) is 0 Å². The van der Waals surface area contributed by atoms with E-state index in [9.17, 15) is 0 Å². The number of fused-ring (bicyclic) bond motifs is 11. The first-order chi connectivity index (χ1) is 23.9. The van der Waals surface area contributed by atoms with Crippen LogP contribution in [0.5, 0.6) is 0 Å². The van der Waals surface area contributed by atoms with Crippen molar-refractivity contribution in [2.45, 2.75) is 39.0 Å². The average Bonchev–Trinajstić information content (AvgIpc) is 3.77. The zero-order valence-corrected chi connectivity index (χ0v) is 28.9. The Morgan fingerprint density at radius 1 is 0.571 bits per heavy atom. The molecule has 1 aliphatic carbocycles. The number of hydrogen-bond acceptors (Lipinski definition) is 3. The third kappa shape index (κ3) is 4.00. The van der Waals surface area contributed by atoms with E-state index < -0.39 is 0 Å². The van der Waals surface area contributed by atoms with E-state index in [4.69, 9.17) is 4.42 Å². The summed E-state index contributed by atoms with van der Waals surface area (Å²) in [5.74, 6) is 0.363. The largest absolute Gasteiger partial charge is 0.455 e. The van der Waals surface area contributed by atoms with E-state index in [1.807, 2.05) is 11.3 Å². The molecule has 0 atom stereocenters. The summed E-state index contributed by atoms with van der Waals surface area (Å²) in [4.78, 5) is 2.52. The highest BCUT2D eigenvalue weighted by Crippen LogP contribution is 2.53. The van der Waals surface area contributed by atoms with Crippen molar-refractivity contribution in [1.29, 1.82) is 0 Å². The van der Waals surface area contributed by atoms with Crippen molar-refractivity contribution in [3.05, 3.63) is 150 Å². The first-order valence-corrected chi connectivity index (χ1v) is 18.0. The smallest absolute Gasteiger partial charge is 0.143 e. The van der Waals surface area contributed by atoms with Gasteiger partial charge in [-0.3, -0.25) is 0 Å². The molecule has 0 radical (unpaired) electrons. The van der Waals surface area contributed by atoms with Crippen LogP contribution in [0.1, 0.15) is 50.3 Å². The summed E-state index contributed by atoms with van der Waals surface area (Å²) in [6.07, 6.45) is 0. The van der Waals surface area contributed by atoms with Crippen molar-refractivity contribution >= 4 is 81.3 Å². The summed E-state index contributed by atoms with van der Waals surface area (Å²) in [6.45, 7) is 9.25. The van der Waals surface area contributed by atoms with E-state index in [0.29, 0.717) is 5.92 Å². The van der Waals surface area contributed by atoms with Crippen molar-refractivity contribution < 1.29 is 4.42 Å². The SMILES string of the molecule is CC(C)c1cccc2oc3c4ccccc4c(N(c4ccc5c(c4)-c4ccccc4C5(C)C)c4cccc5sc6ccccc6c45)cc3c12. The Kier molecular flexibility index (Phi) is 6.02. The van der Waals surface area contributed by atoms with E-state index >= 15 is 0 Å². The molecule has 0 fully saturated rings. The molecule has 2 heterocycles. The van der Waals surface area contributed by atoms with Crippen LogP contribution in [0.3, 0.4) is 0 Å². The molecule has 2 nitrogen and oxygen atoms in total. The number of furan rings is 1. The van der Waals surface area contributed by atoms with E-state index in [2.05, 4.69) is 166 Å². The summed E-state index contributed by atoms with van der Waals surface area (Å²) in [6, 6.07) is 49.3. The lowest BCUT2D eigenvalue weighted by Gasteiger charge is -2.29. The highest BCUT2D eigenvalue weighted by molar-refractivity contribution is 7.26. The predicted octanol–water partition coefficient (Wildman–Crippen LogP) is 14.0. The van der Waals surface area contributed by atoms with Gasteiger partial charge in [0.1, 0.15) is 11.2 Å². The Morgan fingerprint density at radius 2 is 1.29 bits per heavy atom. The number of hydrogen-bond donors (Lipinski definition) is 0. The van der Waals surface area contributed by atoms with Gasteiger partial charge in [-0.05, 0) is 76.2 Å². The zero-order valence-electron chi connectivity index (χ0n) is 28.0. The average molecular weight is 650 g/mol. The maximum Gasteiger partial charge on any atom is 0.143 e. The van der Waals surface area contributed by atoms with E-state index in [1.165, 1.54) is 59.1 Å². The second-order valence-electron chi connectivity index (χ2n) is 14.3. The van der Waals surface area contributed by atoms with Gasteiger partial charge in [0.15, 0.2) is 0 Å². The molecule has 0 unspecified atom stereocenters. The molecule has 1 aliphatic rings. The number of rotatable bonds is 4. The summed E-state index contributed by atoms with van der Waals surface area (Å²) in [5.41, 5.74) is 12.0. The van der Waals surface area contributed by atoms with Crippen LogP contribution in [0.25, 0.3) is 64.0 Å². The molecule has 236 valence electrons. The van der Waals surface area contributed by atoms with Crippen molar-refractivity contribution in [1.82, 2.24) is 0 Å².